The highest BCUT2D eigenvalue weighted by Gasteiger charge is 2.24. The second-order valence-corrected chi connectivity index (χ2v) is 14.0. The maximum absolute atomic E-state index is 7.88. The second kappa shape index (κ2) is 11.9. The second-order valence-electron chi connectivity index (χ2n) is 12.9. The van der Waals surface area contributed by atoms with Crippen molar-refractivity contribution in [3.63, 3.8) is 0 Å². The number of imidazole rings is 1. The smallest absolute Gasteiger partial charge is 0.147 e. The summed E-state index contributed by atoms with van der Waals surface area (Å²) in [5, 5.41) is 4.70. The molecule has 0 atom stereocenters. The van der Waals surface area contributed by atoms with Gasteiger partial charge in [0.1, 0.15) is 5.82 Å². The van der Waals surface area contributed by atoms with E-state index in [0.29, 0.717) is 5.56 Å². The van der Waals surface area contributed by atoms with Gasteiger partial charge in [0.05, 0.1) is 16.7 Å². The van der Waals surface area contributed by atoms with Crippen molar-refractivity contribution in [2.45, 2.75) is 6.85 Å². The van der Waals surface area contributed by atoms with Gasteiger partial charge in [-0.05, 0) is 64.1 Å². The average Bonchev–Trinajstić information content (AvgIpc) is 3.79. The fourth-order valence-electron chi connectivity index (χ4n) is 7.65. The quantitative estimate of drug-likeness (QED) is 0.178. The van der Waals surface area contributed by atoms with Gasteiger partial charge >= 0.3 is 0 Å². The summed E-state index contributed by atoms with van der Waals surface area (Å²) in [4.78, 5) is 5.43. The van der Waals surface area contributed by atoms with Crippen molar-refractivity contribution in [1.29, 1.82) is 0 Å². The van der Waals surface area contributed by atoms with Gasteiger partial charge in [0.15, 0.2) is 0 Å². The van der Waals surface area contributed by atoms with Crippen LogP contribution in [-0.4, -0.2) is 9.55 Å². The molecule has 0 unspecified atom stereocenters. The van der Waals surface area contributed by atoms with E-state index < -0.39 is 6.85 Å². The van der Waals surface area contributed by atoms with Crippen molar-refractivity contribution in [2.75, 3.05) is 0 Å². The fourth-order valence-corrected chi connectivity index (χ4v) is 8.91. The molecule has 0 aliphatic carbocycles. The molecular weight excluding hydrogens is 637 g/mol. The SMILES string of the molecule is [2H]C([2H])([2H])c1ccc(-c2cc3sc4c(-c5nc6ccccc6n5-c5c(-c6ccccc6)cccc5-c5ccccc5)cccc4c3c3ccccc23)cc1. The van der Waals surface area contributed by atoms with Crippen molar-refractivity contribution >= 4 is 53.3 Å². The van der Waals surface area contributed by atoms with Crippen LogP contribution in [0.2, 0.25) is 0 Å². The molecule has 2 heterocycles. The maximum Gasteiger partial charge on any atom is 0.147 e. The summed E-state index contributed by atoms with van der Waals surface area (Å²) in [6.45, 7) is -2.15. The Kier molecular flexibility index (Phi) is 6.22. The van der Waals surface area contributed by atoms with Crippen LogP contribution in [0.15, 0.2) is 176 Å². The molecule has 0 saturated heterocycles. The first-order valence-corrected chi connectivity index (χ1v) is 18.0. The Morgan fingerprint density at radius 3 is 1.82 bits per heavy atom. The van der Waals surface area contributed by atoms with Crippen molar-refractivity contribution in [1.82, 2.24) is 9.55 Å². The van der Waals surface area contributed by atoms with E-state index in [1.165, 1.54) is 25.6 Å². The predicted molar refractivity (Wildman–Crippen MR) is 218 cm³/mol. The number of hydrogen-bond acceptors (Lipinski definition) is 2. The minimum atomic E-state index is -2.15. The first-order chi connectivity index (χ1) is 26.4. The summed E-state index contributed by atoms with van der Waals surface area (Å²) in [6.07, 6.45) is 0. The average molecular weight is 672 g/mol. The number of rotatable bonds is 5. The Labute approximate surface area is 304 Å². The van der Waals surface area contributed by atoms with E-state index in [1.54, 1.807) is 23.5 Å². The lowest BCUT2D eigenvalue weighted by molar-refractivity contribution is 1.11. The van der Waals surface area contributed by atoms with Crippen LogP contribution >= 0.6 is 11.3 Å². The molecule has 0 spiro atoms. The highest BCUT2D eigenvalue weighted by molar-refractivity contribution is 7.26. The molecule has 0 aliphatic heterocycles. The van der Waals surface area contributed by atoms with E-state index in [1.807, 2.05) is 12.1 Å². The van der Waals surface area contributed by atoms with Gasteiger partial charge in [-0.3, -0.25) is 4.57 Å². The molecule has 0 bridgehead atoms. The van der Waals surface area contributed by atoms with Crippen LogP contribution in [0.1, 0.15) is 9.68 Å². The van der Waals surface area contributed by atoms with E-state index in [4.69, 9.17) is 9.10 Å². The zero-order valence-electron chi connectivity index (χ0n) is 30.5. The lowest BCUT2D eigenvalue weighted by Gasteiger charge is -2.20. The number of aryl methyl sites for hydroxylation is 1. The van der Waals surface area contributed by atoms with E-state index in [-0.39, 0.29) is 0 Å². The number of nitrogens with zero attached hydrogens (tertiary/aromatic N) is 2. The maximum atomic E-state index is 7.88. The van der Waals surface area contributed by atoms with Crippen LogP contribution in [0.3, 0.4) is 0 Å². The van der Waals surface area contributed by atoms with Gasteiger partial charge in [-0.1, -0.05) is 157 Å². The van der Waals surface area contributed by atoms with E-state index >= 15 is 0 Å². The van der Waals surface area contributed by atoms with Crippen molar-refractivity contribution < 1.29 is 4.11 Å². The molecule has 2 aromatic heterocycles. The molecule has 0 amide bonds. The zero-order chi connectivity index (χ0) is 36.4. The zero-order valence-corrected chi connectivity index (χ0v) is 28.4. The van der Waals surface area contributed by atoms with Gasteiger partial charge in [0.25, 0.3) is 0 Å². The minimum absolute atomic E-state index is 0.343. The molecule has 0 fully saturated rings. The van der Waals surface area contributed by atoms with E-state index in [2.05, 4.69) is 156 Å². The van der Waals surface area contributed by atoms with Gasteiger partial charge in [0.2, 0.25) is 0 Å². The number of benzene rings is 8. The van der Waals surface area contributed by atoms with Crippen LogP contribution in [0.25, 0.3) is 92.4 Å². The minimum Gasteiger partial charge on any atom is -0.291 e. The summed E-state index contributed by atoms with van der Waals surface area (Å²) < 4.78 is 28.4. The topological polar surface area (TPSA) is 17.8 Å². The molecule has 0 radical (unpaired) electrons. The molecule has 3 heteroatoms. The molecule has 10 rings (SSSR count). The third-order valence-corrected chi connectivity index (χ3v) is 11.1. The summed E-state index contributed by atoms with van der Waals surface area (Å²) in [5.74, 6) is 0.888. The third kappa shape index (κ3) is 4.81. The van der Waals surface area contributed by atoms with Gasteiger partial charge in [0, 0.05) is 41.0 Å². The molecule has 0 saturated carbocycles. The Hall–Kier alpha value is -6.29. The molecule has 51 heavy (non-hydrogen) atoms. The highest BCUT2D eigenvalue weighted by atomic mass is 32.1. The van der Waals surface area contributed by atoms with Crippen LogP contribution in [0.4, 0.5) is 0 Å². The summed E-state index contributed by atoms with van der Waals surface area (Å²) >= 11 is 1.79. The van der Waals surface area contributed by atoms with Crippen molar-refractivity contribution in [3.8, 4) is 50.5 Å². The number of thiophene rings is 1. The Morgan fingerprint density at radius 2 is 1.10 bits per heavy atom. The summed E-state index contributed by atoms with van der Waals surface area (Å²) in [7, 11) is 0. The Bertz CT molecular complexity index is 2960. The summed E-state index contributed by atoms with van der Waals surface area (Å²) in [6, 6.07) is 61.0. The molecule has 10 aromatic rings. The standard InChI is InChI=1S/C48H32N2S/c1-31-26-28-34(29-27-31)41-30-44-45(38-19-9-8-18-37(38)41)39-22-13-23-40(47(39)51-44)48-49-42-24-10-11-25-43(42)50(48)46-35(32-14-4-2-5-15-32)20-12-21-36(46)33-16-6-3-7-17-33/h2-30H,1H3/i1D3. The largest absolute Gasteiger partial charge is 0.291 e. The Balaban J connectivity index is 1.27. The normalized spacial score (nSPS) is 12.7. The fraction of sp³-hybridized carbons (Fsp3) is 0.0208. The summed E-state index contributed by atoms with van der Waals surface area (Å²) in [5.41, 5.74) is 11.1. The first kappa shape index (κ1) is 26.6. The first-order valence-electron chi connectivity index (χ1n) is 18.6. The third-order valence-electron chi connectivity index (χ3n) is 9.93. The molecule has 8 aromatic carbocycles. The number of aromatic nitrogens is 2. The van der Waals surface area contributed by atoms with Crippen molar-refractivity contribution in [2.24, 2.45) is 0 Å². The van der Waals surface area contributed by atoms with Crippen molar-refractivity contribution in [3.05, 3.63) is 181 Å². The highest BCUT2D eigenvalue weighted by Crippen LogP contribution is 2.47. The lowest BCUT2D eigenvalue weighted by Crippen LogP contribution is -2.03. The van der Waals surface area contributed by atoms with Crippen LogP contribution < -0.4 is 0 Å². The van der Waals surface area contributed by atoms with E-state index in [0.717, 1.165) is 66.9 Å². The number of fused-ring (bicyclic) bond motifs is 6. The van der Waals surface area contributed by atoms with E-state index in [9.17, 15) is 0 Å². The Morgan fingerprint density at radius 1 is 0.510 bits per heavy atom. The van der Waals surface area contributed by atoms with Gasteiger partial charge in [-0.2, -0.15) is 0 Å². The van der Waals surface area contributed by atoms with Crippen LogP contribution in [-0.2, 0) is 0 Å². The van der Waals surface area contributed by atoms with Gasteiger partial charge in [-0.25, -0.2) is 4.98 Å². The van der Waals surface area contributed by atoms with Crippen LogP contribution in [0, 0.1) is 6.85 Å². The molecule has 2 nitrogen and oxygen atoms in total. The van der Waals surface area contributed by atoms with Gasteiger partial charge < -0.3 is 0 Å². The molecule has 0 N–H and O–H groups in total. The van der Waals surface area contributed by atoms with Crippen LogP contribution in [0.5, 0.6) is 0 Å². The van der Waals surface area contributed by atoms with Gasteiger partial charge in [-0.15, -0.1) is 11.3 Å². The predicted octanol–water partition coefficient (Wildman–Crippen LogP) is 13.5. The molecule has 240 valence electrons. The monoisotopic (exact) mass is 671 g/mol. The number of hydrogen-bond donors (Lipinski definition) is 0. The number of para-hydroxylation sites is 3. The molecular formula is C48H32N2S. The molecule has 0 aliphatic rings. The lowest BCUT2D eigenvalue weighted by atomic mass is 9.94.